The van der Waals surface area contributed by atoms with Gasteiger partial charge in [-0.05, 0) is 42.2 Å². The van der Waals surface area contributed by atoms with Gasteiger partial charge in [-0.3, -0.25) is 0 Å². The summed E-state index contributed by atoms with van der Waals surface area (Å²) >= 11 is 0. The van der Waals surface area contributed by atoms with Crippen molar-refractivity contribution in [3.63, 3.8) is 0 Å². The van der Waals surface area contributed by atoms with Crippen LogP contribution in [0.5, 0.6) is 0 Å². The molecule has 2 heteroatoms. The summed E-state index contributed by atoms with van der Waals surface area (Å²) in [6.07, 6.45) is 2.00. The summed E-state index contributed by atoms with van der Waals surface area (Å²) in [6.45, 7) is -0.146. The number of hydrogen-bond donors (Lipinski definition) is 0. The minimum atomic E-state index is -2.10. The molecule has 0 fully saturated rings. The predicted octanol–water partition coefficient (Wildman–Crippen LogP) is 5.85. The summed E-state index contributed by atoms with van der Waals surface area (Å²) in [5, 5.41) is 4.51. The van der Waals surface area contributed by atoms with E-state index in [0.717, 1.165) is 44.1 Å². The van der Waals surface area contributed by atoms with E-state index >= 15 is 0 Å². The molecule has 5 aromatic rings. The van der Waals surface area contributed by atoms with Gasteiger partial charge < -0.3 is 4.42 Å². The Balaban J connectivity index is 1.80. The van der Waals surface area contributed by atoms with E-state index in [1.54, 1.807) is 12.1 Å². The molecule has 0 aliphatic rings. The van der Waals surface area contributed by atoms with Gasteiger partial charge in [0.15, 0.2) is 5.58 Å². The Morgan fingerprint density at radius 2 is 1.81 bits per heavy atom. The number of hydrogen-bond acceptors (Lipinski definition) is 1. The number of benzene rings is 3. The number of aromatic nitrogens is 1. The summed E-state index contributed by atoms with van der Waals surface area (Å²) in [6, 6.07) is 19.9. The van der Waals surface area contributed by atoms with Crippen molar-refractivity contribution in [1.29, 1.82) is 0 Å². The van der Waals surface area contributed by atoms with E-state index in [4.69, 9.17) is 8.53 Å². The van der Waals surface area contributed by atoms with Crippen molar-refractivity contribution >= 4 is 32.7 Å². The SMILES string of the molecule is [2H]C([2H])([2H])c1ccc(-c2cc3c(c[n+]2C)oc2ccc4ccccc4c23)c(C)c1. The molecule has 0 bridgehead atoms. The molecule has 0 atom stereocenters. The van der Waals surface area contributed by atoms with Gasteiger partial charge in [0.1, 0.15) is 12.6 Å². The van der Waals surface area contributed by atoms with E-state index in [-0.39, 0.29) is 0 Å². The Labute approximate surface area is 156 Å². The lowest BCUT2D eigenvalue weighted by Crippen LogP contribution is -2.30. The summed E-state index contributed by atoms with van der Waals surface area (Å²) < 4.78 is 31.1. The van der Waals surface area contributed by atoms with Crippen LogP contribution < -0.4 is 4.57 Å². The average molecular weight is 341 g/mol. The lowest BCUT2D eigenvalue weighted by molar-refractivity contribution is -0.659. The van der Waals surface area contributed by atoms with Crippen LogP contribution in [0.15, 0.2) is 71.3 Å². The molecular weight excluding hydrogens is 318 g/mol. The van der Waals surface area contributed by atoms with Crippen LogP contribution in [0.1, 0.15) is 15.2 Å². The van der Waals surface area contributed by atoms with Crippen LogP contribution in [-0.4, -0.2) is 0 Å². The Hall–Kier alpha value is -3.13. The molecule has 0 spiro atoms. The summed E-state index contributed by atoms with van der Waals surface area (Å²) in [7, 11) is 1.98. The number of furan rings is 1. The Bertz CT molecular complexity index is 1410. The standard InChI is InChI=1S/C24H20NO/c1-15-8-10-18(16(2)12-15)21-13-20-23(14-25(21)3)26-22-11-9-17-6-4-5-7-19(17)24(20)22/h4-14H,1-3H3/q+1/i1D3. The van der Waals surface area contributed by atoms with Gasteiger partial charge in [0, 0.05) is 26.5 Å². The van der Waals surface area contributed by atoms with Gasteiger partial charge in [0.25, 0.3) is 0 Å². The molecule has 2 heterocycles. The second kappa shape index (κ2) is 5.43. The third-order valence-corrected chi connectivity index (χ3v) is 5.12. The molecule has 2 nitrogen and oxygen atoms in total. The Morgan fingerprint density at radius 3 is 2.65 bits per heavy atom. The molecular formula is C24H20NO+. The van der Waals surface area contributed by atoms with Crippen LogP contribution in [0.4, 0.5) is 0 Å². The van der Waals surface area contributed by atoms with Crippen molar-refractivity contribution in [3.05, 3.63) is 78.0 Å². The number of fused-ring (bicyclic) bond motifs is 5. The molecule has 26 heavy (non-hydrogen) atoms. The van der Waals surface area contributed by atoms with E-state index < -0.39 is 6.85 Å². The smallest absolute Gasteiger partial charge is 0.213 e. The molecule has 0 unspecified atom stereocenters. The van der Waals surface area contributed by atoms with Gasteiger partial charge in [0.05, 0.1) is 0 Å². The maximum Gasteiger partial charge on any atom is 0.213 e. The third kappa shape index (κ3) is 2.15. The molecule has 2 aromatic heterocycles. The van der Waals surface area contributed by atoms with Gasteiger partial charge in [-0.1, -0.05) is 48.0 Å². The average Bonchev–Trinajstić information content (AvgIpc) is 3.04. The number of nitrogens with zero attached hydrogens (tertiary/aromatic N) is 1. The van der Waals surface area contributed by atoms with Gasteiger partial charge >= 0.3 is 0 Å². The van der Waals surface area contributed by atoms with E-state index in [1.807, 2.05) is 49.0 Å². The highest BCUT2D eigenvalue weighted by molar-refractivity contribution is 6.18. The summed E-state index contributed by atoms with van der Waals surface area (Å²) in [5.41, 5.74) is 5.03. The topological polar surface area (TPSA) is 17.0 Å². The molecule has 126 valence electrons. The van der Waals surface area contributed by atoms with Crippen molar-refractivity contribution in [3.8, 4) is 11.3 Å². The highest BCUT2D eigenvalue weighted by Crippen LogP contribution is 2.35. The van der Waals surface area contributed by atoms with Crippen molar-refractivity contribution in [2.24, 2.45) is 7.05 Å². The van der Waals surface area contributed by atoms with E-state index in [9.17, 15) is 0 Å². The third-order valence-electron chi connectivity index (χ3n) is 5.12. The fourth-order valence-electron chi connectivity index (χ4n) is 3.85. The van der Waals surface area contributed by atoms with Crippen LogP contribution in [-0.2, 0) is 7.05 Å². The zero-order valence-electron chi connectivity index (χ0n) is 17.7. The van der Waals surface area contributed by atoms with Crippen LogP contribution in [0.3, 0.4) is 0 Å². The van der Waals surface area contributed by atoms with Crippen molar-refractivity contribution in [1.82, 2.24) is 0 Å². The van der Waals surface area contributed by atoms with E-state index in [2.05, 4.69) is 24.3 Å². The number of rotatable bonds is 1. The molecule has 0 aliphatic heterocycles. The monoisotopic (exact) mass is 341 g/mol. The second-order valence-electron chi connectivity index (χ2n) is 6.84. The molecule has 0 amide bonds. The zero-order valence-corrected chi connectivity index (χ0v) is 14.7. The van der Waals surface area contributed by atoms with E-state index in [0.29, 0.717) is 5.56 Å². The van der Waals surface area contributed by atoms with Crippen LogP contribution in [0.25, 0.3) is 44.0 Å². The quantitative estimate of drug-likeness (QED) is 0.350. The van der Waals surface area contributed by atoms with Crippen molar-refractivity contribution in [2.45, 2.75) is 13.8 Å². The van der Waals surface area contributed by atoms with Crippen molar-refractivity contribution in [2.75, 3.05) is 0 Å². The first-order valence-corrected chi connectivity index (χ1v) is 8.68. The maximum atomic E-state index is 7.66. The molecule has 0 aliphatic carbocycles. The van der Waals surface area contributed by atoms with Crippen LogP contribution in [0.2, 0.25) is 0 Å². The van der Waals surface area contributed by atoms with Gasteiger partial charge in [0.2, 0.25) is 11.9 Å². The first-order valence-electron chi connectivity index (χ1n) is 10.2. The van der Waals surface area contributed by atoms with Crippen LogP contribution in [0, 0.1) is 13.8 Å². The lowest BCUT2D eigenvalue weighted by atomic mass is 10.00. The minimum Gasteiger partial charge on any atom is -0.450 e. The number of pyridine rings is 1. The molecule has 0 N–H and O–H groups in total. The molecule has 3 aromatic carbocycles. The summed E-state index contributed by atoms with van der Waals surface area (Å²) in [5.74, 6) is 0. The first-order chi connectivity index (χ1) is 13.8. The maximum absolute atomic E-state index is 7.66. The fourth-order valence-corrected chi connectivity index (χ4v) is 3.85. The highest BCUT2D eigenvalue weighted by atomic mass is 16.3. The predicted molar refractivity (Wildman–Crippen MR) is 107 cm³/mol. The zero-order chi connectivity index (χ0) is 20.3. The van der Waals surface area contributed by atoms with Gasteiger partial charge in [-0.15, -0.1) is 0 Å². The van der Waals surface area contributed by atoms with Crippen molar-refractivity contribution < 1.29 is 13.1 Å². The van der Waals surface area contributed by atoms with Gasteiger partial charge in [-0.2, -0.15) is 4.57 Å². The van der Waals surface area contributed by atoms with E-state index in [1.165, 1.54) is 5.39 Å². The normalized spacial score (nSPS) is 13.8. The first kappa shape index (κ1) is 12.3. The van der Waals surface area contributed by atoms with Crippen LogP contribution >= 0.6 is 0 Å². The fraction of sp³-hybridized carbons (Fsp3) is 0.125. The van der Waals surface area contributed by atoms with Gasteiger partial charge in [-0.25, -0.2) is 0 Å². The molecule has 0 saturated heterocycles. The molecule has 0 radical (unpaired) electrons. The molecule has 0 saturated carbocycles. The molecule has 5 rings (SSSR count). The Morgan fingerprint density at radius 1 is 0.923 bits per heavy atom. The Kier molecular flexibility index (Phi) is 2.56. The summed E-state index contributed by atoms with van der Waals surface area (Å²) in [4.78, 5) is 0. The largest absolute Gasteiger partial charge is 0.450 e. The lowest BCUT2D eigenvalue weighted by Gasteiger charge is -2.06. The highest BCUT2D eigenvalue weighted by Gasteiger charge is 2.19. The number of aryl methyl sites for hydroxylation is 3. The minimum absolute atomic E-state index is 0.363. The second-order valence-corrected chi connectivity index (χ2v) is 6.84.